The highest BCUT2D eigenvalue weighted by atomic mass is 32.2. The van der Waals surface area contributed by atoms with Crippen LogP contribution in [0.15, 0.2) is 59.5 Å². The standard InChI is InChI=1S/C8H10O.C7H8O3S/c9-7-6-8-4-2-1-3-5-8;1-6-2-4-7(5-3-6)11(8,9)10/h1-5,9H,6-7H2;2-5H,1H3,(H,8,9,10). The van der Waals surface area contributed by atoms with Crippen LogP contribution in [0.5, 0.6) is 0 Å². The summed E-state index contributed by atoms with van der Waals surface area (Å²) in [6, 6.07) is 15.9. The van der Waals surface area contributed by atoms with Gasteiger partial charge in [0.25, 0.3) is 10.1 Å². The lowest BCUT2D eigenvalue weighted by molar-refractivity contribution is 0.299. The Kier molecular flexibility index (Phi) is 6.38. The molecule has 0 spiro atoms. The van der Waals surface area contributed by atoms with Crippen LogP contribution in [0, 0.1) is 6.92 Å². The van der Waals surface area contributed by atoms with Crippen molar-refractivity contribution < 1.29 is 18.1 Å². The molecular weight excluding hydrogens is 276 g/mol. The lowest BCUT2D eigenvalue weighted by Crippen LogP contribution is -1.96. The summed E-state index contributed by atoms with van der Waals surface area (Å²) in [4.78, 5) is -0.0666. The van der Waals surface area contributed by atoms with Gasteiger partial charge >= 0.3 is 0 Å². The fourth-order valence-corrected chi connectivity index (χ4v) is 1.96. The van der Waals surface area contributed by atoms with E-state index in [-0.39, 0.29) is 11.5 Å². The Bertz CT molecular complexity index is 604. The van der Waals surface area contributed by atoms with E-state index < -0.39 is 10.1 Å². The zero-order chi connectivity index (χ0) is 15.0. The van der Waals surface area contributed by atoms with Crippen molar-refractivity contribution in [1.82, 2.24) is 0 Å². The zero-order valence-electron chi connectivity index (χ0n) is 11.2. The molecule has 0 bridgehead atoms. The first kappa shape index (κ1) is 16.4. The van der Waals surface area contributed by atoms with E-state index in [0.29, 0.717) is 0 Å². The van der Waals surface area contributed by atoms with Gasteiger partial charge in [0.15, 0.2) is 0 Å². The minimum Gasteiger partial charge on any atom is -0.396 e. The Balaban J connectivity index is 0.000000204. The van der Waals surface area contributed by atoms with E-state index in [4.69, 9.17) is 9.66 Å². The molecule has 0 radical (unpaired) electrons. The second-order valence-corrected chi connectivity index (χ2v) is 5.67. The van der Waals surface area contributed by atoms with Crippen molar-refractivity contribution in [1.29, 1.82) is 0 Å². The third kappa shape index (κ3) is 5.97. The number of aliphatic hydroxyl groups excluding tert-OH is 1. The average molecular weight is 294 g/mol. The summed E-state index contributed by atoms with van der Waals surface area (Å²) in [5, 5.41) is 8.52. The highest BCUT2D eigenvalue weighted by Gasteiger charge is 2.06. The molecule has 0 atom stereocenters. The van der Waals surface area contributed by atoms with E-state index >= 15 is 0 Å². The van der Waals surface area contributed by atoms with Gasteiger partial charge in [-0.05, 0) is 31.0 Å². The van der Waals surface area contributed by atoms with Crippen molar-refractivity contribution >= 4 is 10.1 Å². The van der Waals surface area contributed by atoms with Crippen LogP contribution < -0.4 is 0 Å². The van der Waals surface area contributed by atoms with Crippen LogP contribution in [0.3, 0.4) is 0 Å². The molecule has 0 amide bonds. The molecule has 0 saturated carbocycles. The molecule has 2 aromatic rings. The fraction of sp³-hybridized carbons (Fsp3) is 0.200. The van der Waals surface area contributed by atoms with Gasteiger partial charge in [-0.2, -0.15) is 8.42 Å². The third-order valence-electron chi connectivity index (χ3n) is 2.56. The molecule has 2 aromatic carbocycles. The number of aliphatic hydroxyl groups is 1. The van der Waals surface area contributed by atoms with Crippen LogP contribution in [-0.4, -0.2) is 24.7 Å². The Morgan fingerprint density at radius 1 is 0.950 bits per heavy atom. The van der Waals surface area contributed by atoms with Crippen molar-refractivity contribution in [2.45, 2.75) is 18.2 Å². The van der Waals surface area contributed by atoms with Crippen molar-refractivity contribution in [3.8, 4) is 0 Å². The first-order valence-corrected chi connectivity index (χ1v) is 7.56. The largest absolute Gasteiger partial charge is 0.396 e. The monoisotopic (exact) mass is 294 g/mol. The second-order valence-electron chi connectivity index (χ2n) is 4.25. The Hall–Kier alpha value is -1.69. The highest BCUT2D eigenvalue weighted by Crippen LogP contribution is 2.08. The molecule has 0 aromatic heterocycles. The van der Waals surface area contributed by atoms with E-state index in [1.54, 1.807) is 12.1 Å². The molecule has 4 nitrogen and oxygen atoms in total. The molecule has 0 unspecified atom stereocenters. The van der Waals surface area contributed by atoms with Crippen LogP contribution in [0.25, 0.3) is 0 Å². The maximum absolute atomic E-state index is 10.5. The lowest BCUT2D eigenvalue weighted by Gasteiger charge is -1.95. The molecule has 2 N–H and O–H groups in total. The summed E-state index contributed by atoms with van der Waals surface area (Å²) >= 11 is 0. The summed E-state index contributed by atoms with van der Waals surface area (Å²) in [5.41, 5.74) is 2.15. The van der Waals surface area contributed by atoms with Gasteiger partial charge in [-0.3, -0.25) is 4.55 Å². The van der Waals surface area contributed by atoms with Crippen LogP contribution in [0.4, 0.5) is 0 Å². The number of aryl methyl sites for hydroxylation is 1. The summed E-state index contributed by atoms with van der Waals surface area (Å²) in [5.74, 6) is 0. The molecule has 0 heterocycles. The van der Waals surface area contributed by atoms with E-state index in [1.807, 2.05) is 37.3 Å². The maximum atomic E-state index is 10.5. The lowest BCUT2D eigenvalue weighted by atomic mass is 10.2. The molecule has 0 aliphatic rings. The molecule has 5 heteroatoms. The Morgan fingerprint density at radius 3 is 1.95 bits per heavy atom. The Morgan fingerprint density at radius 2 is 1.50 bits per heavy atom. The topological polar surface area (TPSA) is 74.6 Å². The first-order chi connectivity index (χ1) is 9.43. The van der Waals surface area contributed by atoms with E-state index in [1.165, 1.54) is 17.7 Å². The van der Waals surface area contributed by atoms with Crippen molar-refractivity contribution in [2.75, 3.05) is 6.61 Å². The van der Waals surface area contributed by atoms with Crippen molar-refractivity contribution in [3.63, 3.8) is 0 Å². The van der Waals surface area contributed by atoms with Gasteiger partial charge in [0.2, 0.25) is 0 Å². The predicted octanol–water partition coefficient (Wildman–Crippen LogP) is 2.46. The molecule has 0 aliphatic heterocycles. The number of hydrogen-bond donors (Lipinski definition) is 2. The van der Waals surface area contributed by atoms with Gasteiger partial charge in [-0.1, -0.05) is 48.0 Å². The zero-order valence-corrected chi connectivity index (χ0v) is 12.0. The molecule has 0 saturated heterocycles. The smallest absolute Gasteiger partial charge is 0.294 e. The van der Waals surface area contributed by atoms with E-state index in [0.717, 1.165) is 12.0 Å². The highest BCUT2D eigenvalue weighted by molar-refractivity contribution is 7.85. The quantitative estimate of drug-likeness (QED) is 0.853. The van der Waals surface area contributed by atoms with Crippen LogP contribution in [0.2, 0.25) is 0 Å². The van der Waals surface area contributed by atoms with Crippen molar-refractivity contribution in [3.05, 3.63) is 65.7 Å². The molecule has 2 rings (SSSR count). The molecule has 20 heavy (non-hydrogen) atoms. The molecular formula is C15H18O4S. The number of benzene rings is 2. The summed E-state index contributed by atoms with van der Waals surface area (Å²) in [6.07, 6.45) is 0.765. The average Bonchev–Trinajstić information content (AvgIpc) is 2.40. The van der Waals surface area contributed by atoms with Gasteiger partial charge in [0, 0.05) is 6.61 Å². The minimum atomic E-state index is -4.02. The molecule has 0 aliphatic carbocycles. The maximum Gasteiger partial charge on any atom is 0.294 e. The number of hydrogen-bond acceptors (Lipinski definition) is 3. The Labute approximate surface area is 119 Å². The summed E-state index contributed by atoms with van der Waals surface area (Å²) in [7, 11) is -4.02. The van der Waals surface area contributed by atoms with Crippen molar-refractivity contribution in [2.24, 2.45) is 0 Å². The minimum absolute atomic E-state index is 0.0666. The van der Waals surface area contributed by atoms with Crippen LogP contribution in [-0.2, 0) is 16.5 Å². The normalized spacial score (nSPS) is 10.6. The summed E-state index contributed by atoms with van der Waals surface area (Å²) < 4.78 is 29.6. The second kappa shape index (κ2) is 7.79. The SMILES string of the molecule is Cc1ccc(S(=O)(=O)O)cc1.OCCc1ccccc1. The predicted molar refractivity (Wildman–Crippen MR) is 78.2 cm³/mol. The first-order valence-electron chi connectivity index (χ1n) is 6.12. The van der Waals surface area contributed by atoms with Gasteiger partial charge in [-0.15, -0.1) is 0 Å². The number of rotatable bonds is 3. The van der Waals surface area contributed by atoms with Crippen LogP contribution in [0.1, 0.15) is 11.1 Å². The van der Waals surface area contributed by atoms with Gasteiger partial charge in [-0.25, -0.2) is 0 Å². The van der Waals surface area contributed by atoms with Crippen LogP contribution >= 0.6 is 0 Å². The molecule has 0 fully saturated rings. The van der Waals surface area contributed by atoms with Gasteiger partial charge in [0.1, 0.15) is 0 Å². The third-order valence-corrected chi connectivity index (χ3v) is 3.43. The van der Waals surface area contributed by atoms with E-state index in [2.05, 4.69) is 0 Å². The molecule has 108 valence electrons. The summed E-state index contributed by atoms with van der Waals surface area (Å²) in [6.45, 7) is 2.08. The van der Waals surface area contributed by atoms with Gasteiger partial charge in [0.05, 0.1) is 4.90 Å². The van der Waals surface area contributed by atoms with E-state index in [9.17, 15) is 8.42 Å². The fourth-order valence-electron chi connectivity index (χ4n) is 1.48. The van der Waals surface area contributed by atoms with Gasteiger partial charge < -0.3 is 5.11 Å².